The maximum absolute atomic E-state index is 12.2. The van der Waals surface area contributed by atoms with Crippen molar-refractivity contribution >= 4 is 23.6 Å². The maximum atomic E-state index is 12.2. The van der Waals surface area contributed by atoms with Crippen LogP contribution in [0, 0.1) is 12.8 Å². The summed E-state index contributed by atoms with van der Waals surface area (Å²) < 4.78 is 2.03. The van der Waals surface area contributed by atoms with Crippen LogP contribution in [0.4, 0.5) is 0 Å². The van der Waals surface area contributed by atoms with E-state index in [2.05, 4.69) is 0 Å². The molecule has 1 fully saturated rings. The van der Waals surface area contributed by atoms with Crippen molar-refractivity contribution in [3.63, 3.8) is 0 Å². The Labute approximate surface area is 144 Å². The van der Waals surface area contributed by atoms with Gasteiger partial charge >= 0.3 is 5.97 Å². The zero-order chi connectivity index (χ0) is 17.4. The van der Waals surface area contributed by atoms with Crippen LogP contribution >= 0.6 is 11.8 Å². The Hall–Kier alpha value is -1.86. The molecule has 24 heavy (non-hydrogen) atoms. The molecule has 2 N–H and O–H groups in total. The van der Waals surface area contributed by atoms with E-state index in [1.807, 2.05) is 36.9 Å². The molecule has 2 aliphatic rings. The Kier molecular flexibility index (Phi) is 4.64. The summed E-state index contributed by atoms with van der Waals surface area (Å²) in [6.07, 6.45) is 3.01. The number of pyridine rings is 1. The largest absolute Gasteiger partial charge is 0.477 e. The zero-order valence-electron chi connectivity index (χ0n) is 13.7. The quantitative estimate of drug-likeness (QED) is 0.591. The first-order valence-electron chi connectivity index (χ1n) is 7.92. The van der Waals surface area contributed by atoms with E-state index in [1.165, 1.54) is 16.7 Å². The molecule has 1 aromatic rings. The lowest BCUT2D eigenvalue weighted by Crippen LogP contribution is -2.58. The normalized spacial score (nSPS) is 22.6. The summed E-state index contributed by atoms with van der Waals surface area (Å²) in [4.78, 5) is 25.9. The van der Waals surface area contributed by atoms with Gasteiger partial charge in [0, 0.05) is 42.2 Å². The number of hydrogen-bond acceptors (Lipinski definition) is 4. The highest BCUT2D eigenvalue weighted by atomic mass is 32.2. The molecule has 1 aromatic heterocycles. The van der Waals surface area contributed by atoms with Crippen LogP contribution < -0.4 is 4.57 Å². The van der Waals surface area contributed by atoms with E-state index in [9.17, 15) is 14.7 Å². The molecule has 3 heterocycles. The summed E-state index contributed by atoms with van der Waals surface area (Å²) >= 11 is 1.49. The summed E-state index contributed by atoms with van der Waals surface area (Å²) in [5.74, 6) is -0.812. The average molecular weight is 349 g/mol. The van der Waals surface area contributed by atoms with Gasteiger partial charge in [0.25, 0.3) is 0 Å². The lowest BCUT2D eigenvalue weighted by molar-refractivity contribution is -0.678. The van der Waals surface area contributed by atoms with Gasteiger partial charge < -0.3 is 15.1 Å². The first-order valence-corrected chi connectivity index (χ1v) is 8.91. The number of β-lactam (4-membered cyclic amide) rings is 1. The summed E-state index contributed by atoms with van der Waals surface area (Å²) in [6, 6.07) is 3.96. The zero-order valence-corrected chi connectivity index (χ0v) is 14.5. The average Bonchev–Trinajstić information content (AvgIpc) is 2.89. The lowest BCUT2D eigenvalue weighted by atomic mass is 9.85. The molecule has 0 unspecified atom stereocenters. The van der Waals surface area contributed by atoms with Crippen molar-refractivity contribution in [3.05, 3.63) is 40.2 Å². The standard InChI is InChI=1S/C17H20N2O4S/c1-10-3-4-11(8-18(10)2)9-24-14-7-13-12(5-6-20)16(21)19(13)15(14)17(22)23/h3-4,8,12-13,20H,5-7,9H2,1-2H3/p+1/t12-,13+/m0/s1. The molecule has 1 saturated heterocycles. The van der Waals surface area contributed by atoms with E-state index in [1.54, 1.807) is 0 Å². The third-order valence-corrected chi connectivity index (χ3v) is 5.95. The molecule has 6 nitrogen and oxygen atoms in total. The molecule has 0 radical (unpaired) electrons. The lowest BCUT2D eigenvalue weighted by Gasteiger charge is -2.43. The number of fused-ring (bicyclic) bond motifs is 1. The minimum absolute atomic E-state index is 0.0501. The number of carboxylic acid groups (broad SMARTS) is 1. The maximum Gasteiger partial charge on any atom is 0.353 e. The second-order valence-corrected chi connectivity index (χ2v) is 7.32. The van der Waals surface area contributed by atoms with Crippen molar-refractivity contribution in [1.82, 2.24) is 4.90 Å². The van der Waals surface area contributed by atoms with Crippen molar-refractivity contribution in [1.29, 1.82) is 0 Å². The number of hydrogen-bond donors (Lipinski definition) is 2. The number of carboxylic acids is 1. The van der Waals surface area contributed by atoms with Gasteiger partial charge in [0.1, 0.15) is 12.7 Å². The summed E-state index contributed by atoms with van der Waals surface area (Å²) in [7, 11) is 1.98. The van der Waals surface area contributed by atoms with Gasteiger partial charge in [-0.3, -0.25) is 4.79 Å². The Morgan fingerprint density at radius 1 is 1.46 bits per heavy atom. The van der Waals surface area contributed by atoms with Gasteiger partial charge in [0.2, 0.25) is 5.91 Å². The highest BCUT2D eigenvalue weighted by Crippen LogP contribution is 2.47. The smallest absolute Gasteiger partial charge is 0.353 e. The number of rotatable bonds is 6. The van der Waals surface area contributed by atoms with Gasteiger partial charge in [-0.15, -0.1) is 11.8 Å². The number of thioether (sulfide) groups is 1. The molecule has 128 valence electrons. The van der Waals surface area contributed by atoms with E-state index in [4.69, 9.17) is 5.11 Å². The van der Waals surface area contributed by atoms with E-state index in [0.29, 0.717) is 18.6 Å². The fourth-order valence-corrected chi connectivity index (χ4v) is 4.46. The Morgan fingerprint density at radius 3 is 2.83 bits per heavy atom. The fourth-order valence-electron chi connectivity index (χ4n) is 3.33. The number of aliphatic hydroxyl groups is 1. The van der Waals surface area contributed by atoms with Crippen LogP contribution in [0.2, 0.25) is 0 Å². The highest BCUT2D eigenvalue weighted by molar-refractivity contribution is 8.02. The molecule has 2 aliphatic heterocycles. The number of aryl methyl sites for hydroxylation is 2. The minimum atomic E-state index is -1.05. The first kappa shape index (κ1) is 17.0. The molecule has 0 bridgehead atoms. The molecule has 2 atom stereocenters. The number of nitrogens with zero attached hydrogens (tertiary/aromatic N) is 2. The molecular formula is C17H21N2O4S+. The highest BCUT2D eigenvalue weighted by Gasteiger charge is 2.54. The van der Waals surface area contributed by atoms with Crippen LogP contribution in [0.5, 0.6) is 0 Å². The number of carbonyl (C=O) groups is 2. The minimum Gasteiger partial charge on any atom is -0.477 e. The Morgan fingerprint density at radius 2 is 2.21 bits per heavy atom. The molecule has 0 saturated carbocycles. The molecule has 3 rings (SSSR count). The first-order chi connectivity index (χ1) is 11.4. The van der Waals surface area contributed by atoms with Gasteiger partial charge in [-0.05, 0) is 12.5 Å². The van der Waals surface area contributed by atoms with Crippen LogP contribution in [0.15, 0.2) is 28.9 Å². The molecule has 7 heteroatoms. The SMILES string of the molecule is Cc1ccc(CSC2=C(C(=O)O)N3C(=O)[C@@H](CCO)[C@H]3C2)c[n+]1C. The van der Waals surface area contributed by atoms with Crippen LogP contribution in [-0.4, -0.2) is 39.6 Å². The molecule has 1 amide bonds. The third-order valence-electron chi connectivity index (χ3n) is 4.76. The van der Waals surface area contributed by atoms with Gasteiger partial charge in [-0.1, -0.05) is 0 Å². The van der Waals surface area contributed by atoms with Gasteiger partial charge in [0.05, 0.1) is 12.0 Å². The predicted molar refractivity (Wildman–Crippen MR) is 88.8 cm³/mol. The van der Waals surface area contributed by atoms with E-state index >= 15 is 0 Å². The summed E-state index contributed by atoms with van der Waals surface area (Å²) in [5.41, 5.74) is 2.38. The van der Waals surface area contributed by atoms with Crippen molar-refractivity contribution in [2.24, 2.45) is 13.0 Å². The van der Waals surface area contributed by atoms with Crippen LogP contribution in [0.3, 0.4) is 0 Å². The molecule has 0 aliphatic carbocycles. The van der Waals surface area contributed by atoms with Gasteiger partial charge in [-0.25, -0.2) is 9.36 Å². The Bertz CT molecular complexity index is 731. The second-order valence-electron chi connectivity index (χ2n) is 6.25. The number of aliphatic carboxylic acids is 1. The topological polar surface area (TPSA) is 81.7 Å². The number of amides is 1. The molecule has 0 aromatic carbocycles. The van der Waals surface area contributed by atoms with Gasteiger partial charge in [-0.2, -0.15) is 0 Å². The van der Waals surface area contributed by atoms with E-state index < -0.39 is 5.97 Å². The van der Waals surface area contributed by atoms with Crippen molar-refractivity contribution < 1.29 is 24.4 Å². The van der Waals surface area contributed by atoms with E-state index in [-0.39, 0.29) is 30.2 Å². The van der Waals surface area contributed by atoms with Gasteiger partial charge in [0.15, 0.2) is 11.9 Å². The number of carbonyl (C=O) groups excluding carboxylic acids is 1. The van der Waals surface area contributed by atoms with Crippen molar-refractivity contribution in [3.8, 4) is 0 Å². The second kappa shape index (κ2) is 6.57. The summed E-state index contributed by atoms with van der Waals surface area (Å²) in [5, 5.41) is 18.6. The van der Waals surface area contributed by atoms with Crippen LogP contribution in [-0.2, 0) is 22.4 Å². The monoisotopic (exact) mass is 349 g/mol. The van der Waals surface area contributed by atoms with Crippen molar-refractivity contribution in [2.45, 2.75) is 31.6 Å². The predicted octanol–water partition coefficient (Wildman–Crippen LogP) is 0.962. The Balaban J connectivity index is 1.76. The molecule has 0 spiro atoms. The number of aliphatic hydroxyl groups excluding tert-OH is 1. The van der Waals surface area contributed by atoms with Crippen LogP contribution in [0.25, 0.3) is 0 Å². The fraction of sp³-hybridized carbons (Fsp3) is 0.471. The third kappa shape index (κ3) is 2.82. The summed E-state index contributed by atoms with van der Waals surface area (Å²) in [6.45, 7) is 1.97. The molecular weight excluding hydrogens is 328 g/mol. The number of aromatic nitrogens is 1. The van der Waals surface area contributed by atoms with Crippen molar-refractivity contribution in [2.75, 3.05) is 6.61 Å². The van der Waals surface area contributed by atoms with E-state index in [0.717, 1.165) is 16.2 Å². The van der Waals surface area contributed by atoms with Crippen LogP contribution in [0.1, 0.15) is 24.1 Å².